The first kappa shape index (κ1) is 13.0. The van der Waals surface area contributed by atoms with Crippen LogP contribution in [-0.4, -0.2) is 36.3 Å². The summed E-state index contributed by atoms with van der Waals surface area (Å²) in [5, 5.41) is 2.84. The van der Waals surface area contributed by atoms with E-state index in [9.17, 15) is 9.59 Å². The van der Waals surface area contributed by atoms with Crippen LogP contribution in [0.1, 0.15) is 33.6 Å². The van der Waals surface area contributed by atoms with Crippen molar-refractivity contribution in [2.24, 2.45) is 11.8 Å². The summed E-state index contributed by atoms with van der Waals surface area (Å²) in [6, 6.07) is 0. The summed E-state index contributed by atoms with van der Waals surface area (Å²) in [7, 11) is 0. The van der Waals surface area contributed by atoms with Gasteiger partial charge >= 0.3 is 0 Å². The Kier molecular flexibility index (Phi) is 4.77. The average molecular weight is 226 g/mol. The Labute approximate surface area is 97.4 Å². The van der Waals surface area contributed by atoms with Crippen molar-refractivity contribution in [3.8, 4) is 0 Å². The topological polar surface area (TPSA) is 49.4 Å². The van der Waals surface area contributed by atoms with Gasteiger partial charge in [0, 0.05) is 31.5 Å². The van der Waals surface area contributed by atoms with Crippen molar-refractivity contribution in [1.82, 2.24) is 10.2 Å². The van der Waals surface area contributed by atoms with Crippen molar-refractivity contribution < 1.29 is 9.59 Å². The summed E-state index contributed by atoms with van der Waals surface area (Å²) in [5.41, 5.74) is 0. The molecule has 0 saturated carbocycles. The summed E-state index contributed by atoms with van der Waals surface area (Å²) in [5.74, 6) is 0.491. The van der Waals surface area contributed by atoms with E-state index in [4.69, 9.17) is 0 Å². The maximum Gasteiger partial charge on any atom is 0.225 e. The number of amides is 2. The predicted octanol–water partition coefficient (Wildman–Crippen LogP) is 1.02. The zero-order valence-electron chi connectivity index (χ0n) is 10.5. The second-order valence-corrected chi connectivity index (χ2v) is 4.65. The maximum atomic E-state index is 11.7. The minimum absolute atomic E-state index is 0.0565. The second-order valence-electron chi connectivity index (χ2n) is 4.65. The molecule has 0 aliphatic carbocycles. The Morgan fingerprint density at radius 2 is 1.88 bits per heavy atom. The lowest BCUT2D eigenvalue weighted by atomic mass is 9.95. The van der Waals surface area contributed by atoms with Crippen molar-refractivity contribution in [2.75, 3.05) is 19.6 Å². The van der Waals surface area contributed by atoms with E-state index in [1.807, 2.05) is 25.7 Å². The molecule has 0 bridgehead atoms. The fraction of sp³-hybridized carbons (Fsp3) is 0.833. The molecule has 0 aromatic rings. The molecule has 1 aliphatic heterocycles. The number of carbonyl (C=O) groups excluding carboxylic acids is 2. The van der Waals surface area contributed by atoms with Gasteiger partial charge in [-0.1, -0.05) is 13.8 Å². The van der Waals surface area contributed by atoms with Crippen LogP contribution >= 0.6 is 0 Å². The van der Waals surface area contributed by atoms with Gasteiger partial charge in [0.2, 0.25) is 11.8 Å². The van der Waals surface area contributed by atoms with Crippen LogP contribution < -0.4 is 5.32 Å². The van der Waals surface area contributed by atoms with Gasteiger partial charge in [-0.2, -0.15) is 0 Å². The zero-order chi connectivity index (χ0) is 12.1. The molecule has 0 radical (unpaired) electrons. The highest BCUT2D eigenvalue weighted by Crippen LogP contribution is 2.18. The third-order valence-corrected chi connectivity index (χ3v) is 3.02. The Morgan fingerprint density at radius 1 is 1.31 bits per heavy atom. The number of nitrogens with zero attached hydrogens (tertiary/aromatic N) is 1. The molecule has 2 amide bonds. The Bertz CT molecular complexity index is 256. The largest absolute Gasteiger partial charge is 0.356 e. The number of hydrogen-bond acceptors (Lipinski definition) is 2. The lowest BCUT2D eigenvalue weighted by Gasteiger charge is -2.32. The zero-order valence-corrected chi connectivity index (χ0v) is 10.5. The summed E-state index contributed by atoms with van der Waals surface area (Å²) >= 11 is 0. The lowest BCUT2D eigenvalue weighted by Crippen LogP contribution is -2.44. The molecule has 0 spiro atoms. The monoisotopic (exact) mass is 226 g/mol. The van der Waals surface area contributed by atoms with Crippen LogP contribution in [0.2, 0.25) is 0 Å². The van der Waals surface area contributed by atoms with Gasteiger partial charge < -0.3 is 10.2 Å². The van der Waals surface area contributed by atoms with Gasteiger partial charge in [0.05, 0.1) is 0 Å². The molecular weight excluding hydrogens is 204 g/mol. The molecule has 1 heterocycles. The highest BCUT2D eigenvalue weighted by atomic mass is 16.2. The second kappa shape index (κ2) is 5.87. The van der Waals surface area contributed by atoms with Gasteiger partial charge in [-0.15, -0.1) is 0 Å². The maximum absolute atomic E-state index is 11.7. The molecule has 1 N–H and O–H groups in total. The number of carbonyl (C=O) groups is 2. The first-order valence-electron chi connectivity index (χ1n) is 6.12. The highest BCUT2D eigenvalue weighted by Gasteiger charge is 2.27. The van der Waals surface area contributed by atoms with E-state index in [0.717, 1.165) is 25.9 Å². The van der Waals surface area contributed by atoms with Crippen molar-refractivity contribution in [3.63, 3.8) is 0 Å². The number of piperidine rings is 1. The SMILES string of the molecule is CCNC(=O)C1CCN(C(=O)C(C)C)CC1. The predicted molar refractivity (Wildman–Crippen MR) is 62.8 cm³/mol. The molecule has 1 rings (SSSR count). The summed E-state index contributed by atoms with van der Waals surface area (Å²) < 4.78 is 0. The van der Waals surface area contributed by atoms with Gasteiger partial charge in [-0.05, 0) is 19.8 Å². The average Bonchev–Trinajstić information content (AvgIpc) is 2.28. The third-order valence-electron chi connectivity index (χ3n) is 3.02. The molecule has 1 fully saturated rings. The summed E-state index contributed by atoms with van der Waals surface area (Å²) in [6.07, 6.45) is 1.59. The van der Waals surface area contributed by atoms with Gasteiger partial charge in [0.15, 0.2) is 0 Å². The first-order chi connectivity index (χ1) is 7.56. The standard InChI is InChI=1S/C12H22N2O2/c1-4-13-11(15)10-5-7-14(8-6-10)12(16)9(2)3/h9-10H,4-8H2,1-3H3,(H,13,15). The normalized spacial score (nSPS) is 17.6. The lowest BCUT2D eigenvalue weighted by molar-refractivity contribution is -0.138. The van der Waals surface area contributed by atoms with Crippen LogP contribution in [0, 0.1) is 11.8 Å². The van der Waals surface area contributed by atoms with Crippen LogP contribution in [-0.2, 0) is 9.59 Å². The van der Waals surface area contributed by atoms with Crippen LogP contribution in [0.4, 0.5) is 0 Å². The number of hydrogen-bond donors (Lipinski definition) is 1. The Morgan fingerprint density at radius 3 is 2.31 bits per heavy atom. The first-order valence-corrected chi connectivity index (χ1v) is 6.12. The van der Waals surface area contributed by atoms with Crippen molar-refractivity contribution in [2.45, 2.75) is 33.6 Å². The van der Waals surface area contributed by atoms with Gasteiger partial charge in [0.25, 0.3) is 0 Å². The van der Waals surface area contributed by atoms with E-state index in [1.165, 1.54) is 0 Å². The number of likely N-dealkylation sites (tertiary alicyclic amines) is 1. The minimum atomic E-state index is 0.0565. The molecule has 0 aromatic carbocycles. The molecule has 16 heavy (non-hydrogen) atoms. The van der Waals surface area contributed by atoms with Gasteiger partial charge in [-0.25, -0.2) is 0 Å². The van der Waals surface area contributed by atoms with Crippen LogP contribution in [0.5, 0.6) is 0 Å². The number of nitrogens with one attached hydrogen (secondary N) is 1. The van der Waals surface area contributed by atoms with E-state index in [2.05, 4.69) is 5.32 Å². The van der Waals surface area contributed by atoms with E-state index < -0.39 is 0 Å². The van der Waals surface area contributed by atoms with E-state index in [0.29, 0.717) is 6.54 Å². The third kappa shape index (κ3) is 3.22. The smallest absolute Gasteiger partial charge is 0.225 e. The fourth-order valence-electron chi connectivity index (χ4n) is 2.05. The molecule has 0 aromatic heterocycles. The molecule has 1 saturated heterocycles. The van der Waals surface area contributed by atoms with Crippen molar-refractivity contribution in [1.29, 1.82) is 0 Å². The molecule has 92 valence electrons. The Balaban J connectivity index is 2.39. The van der Waals surface area contributed by atoms with Crippen LogP contribution in [0.15, 0.2) is 0 Å². The fourth-order valence-corrected chi connectivity index (χ4v) is 2.05. The highest BCUT2D eigenvalue weighted by molar-refractivity contribution is 5.80. The minimum Gasteiger partial charge on any atom is -0.356 e. The molecule has 0 unspecified atom stereocenters. The van der Waals surface area contributed by atoms with E-state index in [1.54, 1.807) is 0 Å². The molecular formula is C12H22N2O2. The molecule has 1 aliphatic rings. The van der Waals surface area contributed by atoms with E-state index in [-0.39, 0.29) is 23.7 Å². The summed E-state index contributed by atoms with van der Waals surface area (Å²) in [6.45, 7) is 7.88. The van der Waals surface area contributed by atoms with Crippen molar-refractivity contribution >= 4 is 11.8 Å². The quantitative estimate of drug-likeness (QED) is 0.781. The Hall–Kier alpha value is -1.06. The van der Waals surface area contributed by atoms with Gasteiger partial charge in [-0.3, -0.25) is 9.59 Å². The number of rotatable bonds is 3. The van der Waals surface area contributed by atoms with Gasteiger partial charge in [0.1, 0.15) is 0 Å². The van der Waals surface area contributed by atoms with Crippen LogP contribution in [0.25, 0.3) is 0 Å². The van der Waals surface area contributed by atoms with Crippen LogP contribution in [0.3, 0.4) is 0 Å². The van der Waals surface area contributed by atoms with Crippen molar-refractivity contribution in [3.05, 3.63) is 0 Å². The van der Waals surface area contributed by atoms with E-state index >= 15 is 0 Å². The molecule has 4 nitrogen and oxygen atoms in total. The molecule has 4 heteroatoms. The summed E-state index contributed by atoms with van der Waals surface area (Å²) in [4.78, 5) is 25.2. The molecule has 0 atom stereocenters.